The molecule has 0 bridgehead atoms. The first-order valence-corrected chi connectivity index (χ1v) is 6.32. The molecule has 0 aliphatic carbocycles. The molecule has 0 spiro atoms. The first kappa shape index (κ1) is 12.2. The van der Waals surface area contributed by atoms with Gasteiger partial charge in [0.25, 0.3) is 0 Å². The van der Waals surface area contributed by atoms with Gasteiger partial charge in [0, 0.05) is 50.7 Å². The van der Waals surface area contributed by atoms with Crippen LogP contribution in [-0.4, -0.2) is 15.8 Å². The molecule has 2 aromatic heterocycles. The number of carbonyl (C=O) groups excluding carboxylic acids is 1. The Labute approximate surface area is 119 Å². The summed E-state index contributed by atoms with van der Waals surface area (Å²) in [5.41, 5.74) is 1.88. The third-order valence-electron chi connectivity index (χ3n) is 2.85. The van der Waals surface area contributed by atoms with Crippen LogP contribution < -0.4 is 0 Å². The van der Waals surface area contributed by atoms with Gasteiger partial charge in [-0.3, -0.25) is 9.78 Å². The van der Waals surface area contributed by atoms with Crippen LogP contribution in [0.15, 0.2) is 42.9 Å². The van der Waals surface area contributed by atoms with Gasteiger partial charge in [-0.2, -0.15) is 0 Å². The van der Waals surface area contributed by atoms with E-state index < -0.39 is 0 Å². The highest BCUT2D eigenvalue weighted by atomic mass is 35.5. The number of pyridine rings is 1. The van der Waals surface area contributed by atoms with Gasteiger partial charge < -0.3 is 4.98 Å². The minimum atomic E-state index is -0.136. The van der Waals surface area contributed by atoms with Crippen molar-refractivity contribution in [3.8, 4) is 0 Å². The van der Waals surface area contributed by atoms with Gasteiger partial charge in [0.15, 0.2) is 5.78 Å². The number of rotatable bonds is 2. The van der Waals surface area contributed by atoms with Gasteiger partial charge in [-0.1, -0.05) is 23.2 Å². The fraction of sp³-hybridized carbons (Fsp3) is 0. The Hall–Kier alpha value is -1.84. The van der Waals surface area contributed by atoms with Gasteiger partial charge in [0.1, 0.15) is 0 Å². The molecule has 19 heavy (non-hydrogen) atoms. The largest absolute Gasteiger partial charge is 0.360 e. The van der Waals surface area contributed by atoms with Crippen molar-refractivity contribution in [3.63, 3.8) is 0 Å². The molecular weight excluding hydrogens is 283 g/mol. The maximum atomic E-state index is 12.5. The highest BCUT2D eigenvalue weighted by molar-refractivity contribution is 6.35. The average Bonchev–Trinajstić information content (AvgIpc) is 2.80. The third kappa shape index (κ3) is 2.23. The van der Waals surface area contributed by atoms with E-state index in [9.17, 15) is 4.79 Å². The zero-order chi connectivity index (χ0) is 13.4. The predicted octanol–water partition coefficient (Wildman–Crippen LogP) is 4.10. The number of ketones is 1. The quantitative estimate of drug-likeness (QED) is 0.722. The van der Waals surface area contributed by atoms with E-state index in [1.807, 2.05) is 6.07 Å². The normalized spacial score (nSPS) is 10.8. The highest BCUT2D eigenvalue weighted by Crippen LogP contribution is 2.24. The van der Waals surface area contributed by atoms with Crippen molar-refractivity contribution in [1.29, 1.82) is 0 Å². The highest BCUT2D eigenvalue weighted by Gasteiger charge is 2.15. The maximum absolute atomic E-state index is 12.5. The molecule has 1 aromatic carbocycles. The SMILES string of the molecule is O=C(c1cc(Cl)cc(Cl)c1)c1c[nH]c2ccncc12. The van der Waals surface area contributed by atoms with Crippen LogP contribution in [0.3, 0.4) is 0 Å². The first-order valence-electron chi connectivity index (χ1n) is 5.57. The van der Waals surface area contributed by atoms with E-state index in [4.69, 9.17) is 23.2 Å². The number of halogens is 2. The lowest BCUT2D eigenvalue weighted by atomic mass is 10.0. The molecule has 0 atom stereocenters. The lowest BCUT2D eigenvalue weighted by Crippen LogP contribution is -2.00. The van der Waals surface area contributed by atoms with Crippen molar-refractivity contribution >= 4 is 39.9 Å². The topological polar surface area (TPSA) is 45.8 Å². The molecule has 0 fully saturated rings. The lowest BCUT2D eigenvalue weighted by molar-refractivity contribution is 0.104. The summed E-state index contributed by atoms with van der Waals surface area (Å²) in [6.07, 6.45) is 5.00. The van der Waals surface area contributed by atoms with Crippen LogP contribution in [0.4, 0.5) is 0 Å². The lowest BCUT2D eigenvalue weighted by Gasteiger charge is -2.01. The van der Waals surface area contributed by atoms with Crippen LogP contribution in [0, 0.1) is 0 Å². The van der Waals surface area contributed by atoms with Crippen LogP contribution >= 0.6 is 23.2 Å². The monoisotopic (exact) mass is 290 g/mol. The molecular formula is C14H8Cl2N2O. The Balaban J connectivity index is 2.13. The number of aromatic nitrogens is 2. The van der Waals surface area contributed by atoms with Gasteiger partial charge in [0.05, 0.1) is 0 Å². The van der Waals surface area contributed by atoms with Gasteiger partial charge in [-0.05, 0) is 24.3 Å². The Morgan fingerprint density at radius 3 is 2.63 bits per heavy atom. The third-order valence-corrected chi connectivity index (χ3v) is 3.29. The summed E-state index contributed by atoms with van der Waals surface area (Å²) in [4.78, 5) is 19.5. The summed E-state index contributed by atoms with van der Waals surface area (Å²) >= 11 is 11.8. The second-order valence-electron chi connectivity index (χ2n) is 4.11. The second-order valence-corrected chi connectivity index (χ2v) is 4.98. The summed E-state index contributed by atoms with van der Waals surface area (Å²) < 4.78 is 0. The zero-order valence-electron chi connectivity index (χ0n) is 9.65. The molecule has 0 amide bonds. The molecule has 94 valence electrons. The number of benzene rings is 1. The summed E-state index contributed by atoms with van der Waals surface area (Å²) in [6, 6.07) is 6.61. The Bertz CT molecular complexity index is 760. The minimum Gasteiger partial charge on any atom is -0.360 e. The van der Waals surface area contributed by atoms with Gasteiger partial charge in [0.2, 0.25) is 0 Å². The number of nitrogens with one attached hydrogen (secondary N) is 1. The standard InChI is InChI=1S/C14H8Cl2N2O/c15-9-3-8(4-10(16)5-9)14(19)12-7-18-13-1-2-17-6-11(12)13/h1-7,18H. The van der Waals surface area contributed by atoms with Crippen molar-refractivity contribution in [2.45, 2.75) is 0 Å². The zero-order valence-corrected chi connectivity index (χ0v) is 11.2. The van der Waals surface area contributed by atoms with E-state index in [0.717, 1.165) is 10.9 Å². The summed E-state index contributed by atoms with van der Waals surface area (Å²) in [6.45, 7) is 0. The molecule has 5 heteroatoms. The van der Waals surface area contributed by atoms with E-state index in [1.165, 1.54) is 0 Å². The van der Waals surface area contributed by atoms with Crippen LogP contribution in [0.25, 0.3) is 10.9 Å². The molecule has 1 N–H and O–H groups in total. The van der Waals surface area contributed by atoms with E-state index >= 15 is 0 Å². The smallest absolute Gasteiger partial charge is 0.195 e. The van der Waals surface area contributed by atoms with E-state index in [1.54, 1.807) is 36.8 Å². The van der Waals surface area contributed by atoms with Crippen LogP contribution in [-0.2, 0) is 0 Å². The number of hydrogen-bond donors (Lipinski definition) is 1. The molecule has 0 unspecified atom stereocenters. The van der Waals surface area contributed by atoms with Gasteiger partial charge in [-0.25, -0.2) is 0 Å². The Morgan fingerprint density at radius 1 is 1.16 bits per heavy atom. The molecule has 3 aromatic rings. The van der Waals surface area contributed by atoms with Crippen LogP contribution in [0.1, 0.15) is 15.9 Å². The van der Waals surface area contributed by atoms with Crippen molar-refractivity contribution in [2.24, 2.45) is 0 Å². The summed E-state index contributed by atoms with van der Waals surface area (Å²) in [5, 5.41) is 1.66. The number of nitrogens with zero attached hydrogens (tertiary/aromatic N) is 1. The number of aromatic amines is 1. The molecule has 0 aliphatic rings. The number of H-pyrrole nitrogens is 1. The van der Waals surface area contributed by atoms with E-state index in [0.29, 0.717) is 21.2 Å². The molecule has 0 aliphatic heterocycles. The van der Waals surface area contributed by atoms with Crippen LogP contribution in [0.2, 0.25) is 10.0 Å². The molecule has 0 saturated carbocycles. The van der Waals surface area contributed by atoms with Crippen molar-refractivity contribution in [3.05, 3.63) is 64.0 Å². The molecule has 2 heterocycles. The van der Waals surface area contributed by atoms with Crippen LogP contribution in [0.5, 0.6) is 0 Å². The van der Waals surface area contributed by atoms with E-state index in [2.05, 4.69) is 9.97 Å². The molecule has 3 nitrogen and oxygen atoms in total. The maximum Gasteiger partial charge on any atom is 0.195 e. The summed E-state index contributed by atoms with van der Waals surface area (Å²) in [5.74, 6) is -0.136. The molecule has 0 radical (unpaired) electrons. The second kappa shape index (κ2) is 4.68. The van der Waals surface area contributed by atoms with Crippen molar-refractivity contribution in [1.82, 2.24) is 9.97 Å². The number of fused-ring (bicyclic) bond motifs is 1. The fourth-order valence-corrected chi connectivity index (χ4v) is 2.52. The molecule has 3 rings (SSSR count). The first-order chi connectivity index (χ1) is 9.15. The minimum absolute atomic E-state index is 0.136. The average molecular weight is 291 g/mol. The van der Waals surface area contributed by atoms with Crippen molar-refractivity contribution in [2.75, 3.05) is 0 Å². The molecule has 0 saturated heterocycles. The Morgan fingerprint density at radius 2 is 1.89 bits per heavy atom. The van der Waals surface area contributed by atoms with Gasteiger partial charge >= 0.3 is 0 Å². The summed E-state index contributed by atoms with van der Waals surface area (Å²) in [7, 11) is 0. The predicted molar refractivity (Wildman–Crippen MR) is 76.0 cm³/mol. The van der Waals surface area contributed by atoms with Gasteiger partial charge in [-0.15, -0.1) is 0 Å². The number of carbonyl (C=O) groups is 1. The van der Waals surface area contributed by atoms with E-state index in [-0.39, 0.29) is 5.78 Å². The number of hydrogen-bond acceptors (Lipinski definition) is 2. The fourth-order valence-electron chi connectivity index (χ4n) is 1.99. The van der Waals surface area contributed by atoms with Crippen molar-refractivity contribution < 1.29 is 4.79 Å². The Kier molecular flexibility index (Phi) is 3.01.